The molecule has 2 aromatic heterocycles. The van der Waals surface area contributed by atoms with Crippen LogP contribution in [0.3, 0.4) is 0 Å². The molecule has 1 N–H and O–H groups in total. The number of esters is 1. The van der Waals surface area contributed by atoms with Gasteiger partial charge in [-0.3, -0.25) is 15.1 Å². The average molecular weight is 397 g/mol. The third-order valence-corrected chi connectivity index (χ3v) is 4.69. The van der Waals surface area contributed by atoms with Gasteiger partial charge in [-0.2, -0.15) is 0 Å². The number of nitrogens with zero attached hydrogens (tertiary/aromatic N) is 2. The van der Waals surface area contributed by atoms with Crippen LogP contribution >= 0.6 is 11.3 Å². The van der Waals surface area contributed by atoms with Crippen LogP contribution in [0.15, 0.2) is 54.2 Å². The lowest BCUT2D eigenvalue weighted by Crippen LogP contribution is -2.32. The van der Waals surface area contributed by atoms with Gasteiger partial charge in [-0.05, 0) is 30.7 Å². The molecule has 0 saturated heterocycles. The van der Waals surface area contributed by atoms with Gasteiger partial charge in [-0.15, -0.1) is 11.3 Å². The highest BCUT2D eigenvalue weighted by Gasteiger charge is 2.23. The van der Waals surface area contributed by atoms with E-state index in [-0.39, 0.29) is 0 Å². The van der Waals surface area contributed by atoms with Crippen molar-refractivity contribution in [3.63, 3.8) is 0 Å². The molecule has 2 heterocycles. The zero-order valence-electron chi connectivity index (χ0n) is 15.4. The molecule has 0 bridgehead atoms. The van der Waals surface area contributed by atoms with Crippen LogP contribution in [-0.2, 0) is 9.53 Å². The molecule has 1 aromatic carbocycles. The average Bonchev–Trinajstić information content (AvgIpc) is 3.20. The summed E-state index contributed by atoms with van der Waals surface area (Å²) in [5.41, 5.74) is 1.95. The summed E-state index contributed by atoms with van der Waals surface area (Å²) in [6.07, 6.45) is 2.42. The molecule has 1 amide bonds. The van der Waals surface area contributed by atoms with Crippen molar-refractivity contribution in [3.8, 4) is 17.0 Å². The third kappa shape index (κ3) is 4.72. The molecule has 3 rings (SSSR count). The first kappa shape index (κ1) is 19.5. The van der Waals surface area contributed by atoms with E-state index in [4.69, 9.17) is 9.47 Å². The summed E-state index contributed by atoms with van der Waals surface area (Å²) in [6, 6.07) is 10.6. The van der Waals surface area contributed by atoms with Crippen LogP contribution in [0.25, 0.3) is 11.3 Å². The lowest BCUT2D eigenvalue weighted by atomic mass is 10.2. The number of hydrogen-bond donors (Lipinski definition) is 1. The maximum atomic E-state index is 12.5. The van der Waals surface area contributed by atoms with Crippen molar-refractivity contribution < 1.29 is 19.1 Å². The third-order valence-electron chi connectivity index (χ3n) is 3.93. The van der Waals surface area contributed by atoms with E-state index in [0.717, 1.165) is 17.0 Å². The van der Waals surface area contributed by atoms with Crippen LogP contribution in [0.2, 0.25) is 0 Å². The maximum absolute atomic E-state index is 12.5. The minimum atomic E-state index is -0.912. The topological polar surface area (TPSA) is 90.4 Å². The number of amides is 1. The molecule has 0 fully saturated rings. The summed E-state index contributed by atoms with van der Waals surface area (Å²) in [6.45, 7) is 1.77. The Labute approximate surface area is 166 Å². The first-order chi connectivity index (χ1) is 13.6. The Morgan fingerprint density at radius 2 is 2.00 bits per heavy atom. The zero-order valence-corrected chi connectivity index (χ0v) is 16.2. The molecular formula is C20H19N3O4S. The number of carbonyl (C=O) groups excluding carboxylic acids is 2. The van der Waals surface area contributed by atoms with Gasteiger partial charge in [-0.1, -0.05) is 19.1 Å². The van der Waals surface area contributed by atoms with Crippen LogP contribution in [0, 0.1) is 0 Å². The second-order valence-electron chi connectivity index (χ2n) is 5.80. The quantitative estimate of drug-likeness (QED) is 0.610. The van der Waals surface area contributed by atoms with Crippen LogP contribution in [0.5, 0.6) is 5.75 Å². The summed E-state index contributed by atoms with van der Waals surface area (Å²) in [5, 5.41) is 4.99. The van der Waals surface area contributed by atoms with Crippen molar-refractivity contribution in [2.45, 2.75) is 19.4 Å². The highest BCUT2D eigenvalue weighted by Crippen LogP contribution is 2.27. The summed E-state index contributed by atoms with van der Waals surface area (Å²) in [5.74, 6) is -0.262. The Kier molecular flexibility index (Phi) is 6.33. The second kappa shape index (κ2) is 9.09. The molecule has 8 heteroatoms. The van der Waals surface area contributed by atoms with Crippen LogP contribution in [0.1, 0.15) is 23.7 Å². The lowest BCUT2D eigenvalue weighted by molar-refractivity contribution is -0.124. The van der Waals surface area contributed by atoms with Crippen molar-refractivity contribution in [2.75, 3.05) is 12.4 Å². The molecule has 0 radical (unpaired) electrons. The minimum Gasteiger partial charge on any atom is -0.497 e. The van der Waals surface area contributed by atoms with Crippen molar-refractivity contribution in [1.29, 1.82) is 0 Å². The molecule has 0 aliphatic heterocycles. The molecule has 0 aliphatic rings. The van der Waals surface area contributed by atoms with Crippen molar-refractivity contribution in [3.05, 3.63) is 59.7 Å². The second-order valence-corrected chi connectivity index (χ2v) is 6.66. The van der Waals surface area contributed by atoms with Crippen LogP contribution in [0.4, 0.5) is 5.13 Å². The van der Waals surface area contributed by atoms with E-state index in [1.54, 1.807) is 14.0 Å². The summed E-state index contributed by atoms with van der Waals surface area (Å²) < 4.78 is 10.5. The summed E-state index contributed by atoms with van der Waals surface area (Å²) >= 11 is 1.30. The van der Waals surface area contributed by atoms with E-state index < -0.39 is 18.0 Å². The van der Waals surface area contributed by atoms with Crippen LogP contribution < -0.4 is 10.1 Å². The summed E-state index contributed by atoms with van der Waals surface area (Å²) in [4.78, 5) is 33.0. The van der Waals surface area contributed by atoms with E-state index >= 15 is 0 Å². The number of thiazole rings is 1. The lowest BCUT2D eigenvalue weighted by Gasteiger charge is -2.15. The maximum Gasteiger partial charge on any atom is 0.339 e. The number of aromatic nitrogens is 2. The van der Waals surface area contributed by atoms with E-state index in [1.807, 2.05) is 29.6 Å². The van der Waals surface area contributed by atoms with Gasteiger partial charge in [0.05, 0.1) is 18.4 Å². The number of rotatable bonds is 7. The van der Waals surface area contributed by atoms with Gasteiger partial charge in [0.1, 0.15) is 5.75 Å². The van der Waals surface area contributed by atoms with Gasteiger partial charge in [-0.25, -0.2) is 9.78 Å². The fraction of sp³-hybridized carbons (Fsp3) is 0.200. The van der Waals surface area contributed by atoms with Gasteiger partial charge in [0.15, 0.2) is 11.2 Å². The molecule has 0 saturated carbocycles. The van der Waals surface area contributed by atoms with Crippen molar-refractivity contribution in [2.24, 2.45) is 0 Å². The predicted molar refractivity (Wildman–Crippen MR) is 106 cm³/mol. The Balaban J connectivity index is 1.66. The number of methoxy groups -OCH3 is 1. The largest absolute Gasteiger partial charge is 0.497 e. The number of carbonyl (C=O) groups is 2. The van der Waals surface area contributed by atoms with Crippen LogP contribution in [-0.4, -0.2) is 35.1 Å². The highest BCUT2D eigenvalue weighted by molar-refractivity contribution is 7.14. The number of hydrogen-bond acceptors (Lipinski definition) is 7. The number of anilines is 1. The Hall–Kier alpha value is -3.26. The first-order valence-corrected chi connectivity index (χ1v) is 9.50. The molecule has 144 valence electrons. The van der Waals surface area contributed by atoms with E-state index in [1.165, 1.54) is 35.9 Å². The smallest absolute Gasteiger partial charge is 0.339 e. The molecule has 1 atom stereocenters. The molecule has 1 unspecified atom stereocenters. The van der Waals surface area contributed by atoms with Gasteiger partial charge in [0.25, 0.3) is 5.91 Å². The number of benzene rings is 1. The number of nitrogens with one attached hydrogen (secondary N) is 1. The summed E-state index contributed by atoms with van der Waals surface area (Å²) in [7, 11) is 1.60. The fourth-order valence-electron chi connectivity index (χ4n) is 2.44. The minimum absolute atomic E-state index is 0.343. The van der Waals surface area contributed by atoms with E-state index in [0.29, 0.717) is 17.1 Å². The molecule has 0 spiro atoms. The standard InChI is InChI=1S/C20H19N3O4S/c1-3-17(27-19(25)13-7-9-21-10-8-13)18(24)23-20-22-16(12-28-20)14-5-4-6-15(11-14)26-2/h4-12,17H,3H2,1-2H3,(H,22,23,24). The van der Waals surface area contributed by atoms with Gasteiger partial charge < -0.3 is 9.47 Å². The molecule has 7 nitrogen and oxygen atoms in total. The van der Waals surface area contributed by atoms with Crippen molar-refractivity contribution in [1.82, 2.24) is 9.97 Å². The molecule has 28 heavy (non-hydrogen) atoms. The normalized spacial score (nSPS) is 11.5. The monoisotopic (exact) mass is 397 g/mol. The zero-order chi connectivity index (χ0) is 19.9. The van der Waals surface area contributed by atoms with E-state index in [2.05, 4.69) is 15.3 Å². The fourth-order valence-corrected chi connectivity index (χ4v) is 3.16. The van der Waals surface area contributed by atoms with Crippen molar-refractivity contribution >= 4 is 28.3 Å². The van der Waals surface area contributed by atoms with Gasteiger partial charge >= 0.3 is 5.97 Å². The first-order valence-electron chi connectivity index (χ1n) is 8.62. The van der Waals surface area contributed by atoms with Gasteiger partial charge in [0.2, 0.25) is 0 Å². The Bertz CT molecular complexity index is 959. The molecule has 0 aliphatic carbocycles. The van der Waals surface area contributed by atoms with E-state index in [9.17, 15) is 9.59 Å². The SMILES string of the molecule is CCC(OC(=O)c1ccncc1)C(=O)Nc1nc(-c2cccc(OC)c2)cs1. The predicted octanol–water partition coefficient (Wildman–Crippen LogP) is 3.79. The Morgan fingerprint density at radius 1 is 1.21 bits per heavy atom. The van der Waals surface area contributed by atoms with Gasteiger partial charge in [0, 0.05) is 23.3 Å². The molecular weight excluding hydrogens is 378 g/mol. The molecule has 3 aromatic rings. The number of pyridine rings is 1. The number of ether oxygens (including phenoxy) is 2. The highest BCUT2D eigenvalue weighted by atomic mass is 32.1. The Morgan fingerprint density at radius 3 is 2.71 bits per heavy atom.